The van der Waals surface area contributed by atoms with Crippen LogP contribution in [-0.2, 0) is 17.3 Å². The number of rotatable bonds is 5. The number of Topliss-reactive ketones (excluding diaryl/α,β-unsaturated/α-hetero) is 1. The lowest BCUT2D eigenvalue weighted by Gasteiger charge is -2.28. The summed E-state index contributed by atoms with van der Waals surface area (Å²) in [7, 11) is 1.81. The zero-order chi connectivity index (χ0) is 19.7. The number of hydrogen-bond acceptors (Lipinski definition) is 3. The first kappa shape index (κ1) is 20.1. The first-order chi connectivity index (χ1) is 11.9. The minimum atomic E-state index is -0.164. The van der Waals surface area contributed by atoms with Crippen LogP contribution in [-0.4, -0.2) is 22.9 Å². The van der Waals surface area contributed by atoms with Crippen molar-refractivity contribution >= 4 is 11.5 Å². The topological polar surface area (TPSA) is 65.1 Å². The third-order valence-electron chi connectivity index (χ3n) is 4.72. The number of phenols is 1. The van der Waals surface area contributed by atoms with E-state index in [0.29, 0.717) is 24.3 Å². The van der Waals surface area contributed by atoms with E-state index in [9.17, 15) is 9.90 Å². The Morgan fingerprint density at radius 1 is 1.08 bits per heavy atom. The highest BCUT2D eigenvalue weighted by molar-refractivity contribution is 5.99. The van der Waals surface area contributed by atoms with Crippen molar-refractivity contribution in [1.29, 1.82) is 0 Å². The Labute approximate surface area is 157 Å². The summed E-state index contributed by atoms with van der Waals surface area (Å²) in [6.45, 7) is 12.6. The van der Waals surface area contributed by atoms with Crippen molar-refractivity contribution in [1.82, 2.24) is 4.98 Å². The van der Waals surface area contributed by atoms with Crippen LogP contribution in [0.25, 0.3) is 0 Å². The molecule has 4 nitrogen and oxygen atoms in total. The summed E-state index contributed by atoms with van der Waals surface area (Å²) in [5, 5.41) is 13.8. The summed E-state index contributed by atoms with van der Waals surface area (Å²) in [5.74, 6) is 0.462. The number of nitrogens with one attached hydrogen (secondary N) is 2. The molecule has 0 saturated carbocycles. The fraction of sp³-hybridized carbons (Fsp3) is 0.500. The van der Waals surface area contributed by atoms with Crippen LogP contribution in [0, 0.1) is 0 Å². The molecule has 2 rings (SSSR count). The highest BCUT2D eigenvalue weighted by Gasteiger charge is 2.26. The molecule has 0 aliphatic carbocycles. The van der Waals surface area contributed by atoms with Gasteiger partial charge in [0, 0.05) is 19.7 Å². The largest absolute Gasteiger partial charge is 0.507 e. The van der Waals surface area contributed by atoms with E-state index in [2.05, 4.69) is 51.8 Å². The number of hydrogen-bond donors (Lipinski definition) is 3. The number of ketones is 1. The Kier molecular flexibility index (Phi) is 5.55. The van der Waals surface area contributed by atoms with Crippen LogP contribution in [0.3, 0.4) is 0 Å². The predicted octanol–water partition coefficient (Wildman–Crippen LogP) is 5.17. The van der Waals surface area contributed by atoms with Crippen molar-refractivity contribution in [3.63, 3.8) is 0 Å². The molecule has 0 fully saturated rings. The first-order valence-corrected chi connectivity index (χ1v) is 9.20. The van der Waals surface area contributed by atoms with Crippen LogP contribution in [0.2, 0.25) is 0 Å². The van der Waals surface area contributed by atoms with E-state index in [-0.39, 0.29) is 16.6 Å². The SMILES string of the molecule is CNc1cc[nH]c1C(=O)CCc1cc(C(C)(C)C)c(O)c(C(C)(C)C)c1. The molecule has 1 aromatic heterocycles. The molecule has 0 saturated heterocycles. The average molecular weight is 357 g/mol. The molecule has 4 heteroatoms. The fourth-order valence-corrected chi connectivity index (χ4v) is 3.17. The second-order valence-electron chi connectivity index (χ2n) is 8.98. The number of carbonyl (C=O) groups excluding carboxylic acids is 1. The number of aromatic amines is 1. The average Bonchev–Trinajstić information content (AvgIpc) is 2.99. The Bertz CT molecular complexity index is 754. The van der Waals surface area contributed by atoms with Crippen molar-refractivity contribution in [2.45, 2.75) is 65.2 Å². The number of aryl methyl sites for hydroxylation is 1. The second kappa shape index (κ2) is 7.18. The summed E-state index contributed by atoms with van der Waals surface area (Å²) in [6, 6.07) is 5.96. The minimum Gasteiger partial charge on any atom is -0.507 e. The highest BCUT2D eigenvalue weighted by atomic mass is 16.3. The van der Waals surface area contributed by atoms with Crippen LogP contribution < -0.4 is 5.32 Å². The number of H-pyrrole nitrogens is 1. The van der Waals surface area contributed by atoms with E-state index >= 15 is 0 Å². The number of anilines is 1. The van der Waals surface area contributed by atoms with Gasteiger partial charge < -0.3 is 15.4 Å². The van der Waals surface area contributed by atoms with Gasteiger partial charge in [0.05, 0.1) is 5.69 Å². The van der Waals surface area contributed by atoms with E-state index in [4.69, 9.17) is 0 Å². The van der Waals surface area contributed by atoms with Crippen LogP contribution in [0.4, 0.5) is 5.69 Å². The summed E-state index contributed by atoms with van der Waals surface area (Å²) < 4.78 is 0. The maximum atomic E-state index is 12.6. The summed E-state index contributed by atoms with van der Waals surface area (Å²) >= 11 is 0. The maximum absolute atomic E-state index is 12.6. The fourth-order valence-electron chi connectivity index (χ4n) is 3.17. The van der Waals surface area contributed by atoms with E-state index < -0.39 is 0 Å². The Balaban J connectivity index is 2.33. The van der Waals surface area contributed by atoms with Crippen LogP contribution in [0.15, 0.2) is 24.4 Å². The van der Waals surface area contributed by atoms with Crippen LogP contribution in [0.1, 0.15) is 75.1 Å². The summed E-state index contributed by atoms with van der Waals surface area (Å²) in [4.78, 5) is 15.6. The van der Waals surface area contributed by atoms with Gasteiger partial charge in [-0.05, 0) is 40.0 Å². The normalized spacial score (nSPS) is 12.3. The van der Waals surface area contributed by atoms with E-state index in [1.165, 1.54) is 0 Å². The number of phenolic OH excluding ortho intramolecular Hbond substituents is 1. The lowest BCUT2D eigenvalue weighted by molar-refractivity contribution is 0.0979. The molecule has 3 N–H and O–H groups in total. The van der Waals surface area contributed by atoms with Crippen molar-refractivity contribution in [2.75, 3.05) is 12.4 Å². The van der Waals surface area contributed by atoms with Crippen molar-refractivity contribution in [3.8, 4) is 5.75 Å². The van der Waals surface area contributed by atoms with Gasteiger partial charge >= 0.3 is 0 Å². The van der Waals surface area contributed by atoms with E-state index in [0.717, 1.165) is 22.4 Å². The van der Waals surface area contributed by atoms with Crippen molar-refractivity contribution in [3.05, 3.63) is 46.8 Å². The lowest BCUT2D eigenvalue weighted by atomic mass is 9.78. The molecule has 0 aliphatic rings. The van der Waals surface area contributed by atoms with Gasteiger partial charge in [-0.2, -0.15) is 0 Å². The monoisotopic (exact) mass is 356 g/mol. The highest BCUT2D eigenvalue weighted by Crippen LogP contribution is 2.40. The van der Waals surface area contributed by atoms with Gasteiger partial charge in [0.25, 0.3) is 0 Å². The van der Waals surface area contributed by atoms with Gasteiger partial charge in [0.2, 0.25) is 0 Å². The second-order valence-corrected chi connectivity index (χ2v) is 8.98. The Morgan fingerprint density at radius 2 is 1.62 bits per heavy atom. The summed E-state index contributed by atoms with van der Waals surface area (Å²) in [5.41, 5.74) is 4.07. The molecule has 2 aromatic rings. The lowest BCUT2D eigenvalue weighted by Crippen LogP contribution is -2.18. The van der Waals surface area contributed by atoms with Gasteiger partial charge in [0.1, 0.15) is 11.4 Å². The molecule has 0 spiro atoms. The molecule has 0 unspecified atom stereocenters. The molecular weight excluding hydrogens is 324 g/mol. The van der Waals surface area contributed by atoms with Crippen LogP contribution in [0.5, 0.6) is 5.75 Å². The van der Waals surface area contributed by atoms with Gasteiger partial charge in [-0.1, -0.05) is 53.7 Å². The molecule has 0 bridgehead atoms. The molecule has 0 radical (unpaired) electrons. The van der Waals surface area contributed by atoms with Crippen LogP contribution >= 0.6 is 0 Å². The number of carbonyl (C=O) groups is 1. The smallest absolute Gasteiger partial charge is 0.181 e. The zero-order valence-corrected chi connectivity index (χ0v) is 17.1. The van der Waals surface area contributed by atoms with Crippen molar-refractivity contribution in [2.24, 2.45) is 0 Å². The third-order valence-corrected chi connectivity index (χ3v) is 4.72. The molecule has 1 heterocycles. The molecule has 26 heavy (non-hydrogen) atoms. The number of aromatic hydroxyl groups is 1. The third kappa shape index (κ3) is 4.29. The first-order valence-electron chi connectivity index (χ1n) is 9.20. The molecular formula is C22H32N2O2. The van der Waals surface area contributed by atoms with Gasteiger partial charge in [-0.25, -0.2) is 0 Å². The molecule has 0 atom stereocenters. The van der Waals surface area contributed by atoms with E-state index in [1.807, 2.05) is 25.2 Å². The predicted molar refractivity (Wildman–Crippen MR) is 108 cm³/mol. The van der Waals surface area contributed by atoms with E-state index in [1.54, 1.807) is 6.20 Å². The molecule has 142 valence electrons. The zero-order valence-electron chi connectivity index (χ0n) is 17.1. The molecule has 0 amide bonds. The Hall–Kier alpha value is -2.23. The number of benzene rings is 1. The van der Waals surface area contributed by atoms with Gasteiger partial charge in [-0.3, -0.25) is 4.79 Å². The van der Waals surface area contributed by atoms with Crippen molar-refractivity contribution < 1.29 is 9.90 Å². The number of aromatic nitrogens is 1. The van der Waals surface area contributed by atoms with Gasteiger partial charge in [-0.15, -0.1) is 0 Å². The quantitative estimate of drug-likeness (QED) is 0.647. The minimum absolute atomic E-state index is 0.0852. The van der Waals surface area contributed by atoms with Gasteiger partial charge in [0.15, 0.2) is 5.78 Å². The standard InChI is InChI=1S/C22H32N2O2/c1-21(2,3)15-12-14(13-16(20(15)26)22(4,5)6)8-9-18(25)19-17(23-7)10-11-24-19/h10-13,23-24,26H,8-9H2,1-7H3. The molecule has 0 aliphatic heterocycles. The Morgan fingerprint density at radius 3 is 2.08 bits per heavy atom. The maximum Gasteiger partial charge on any atom is 0.181 e. The summed E-state index contributed by atoms with van der Waals surface area (Å²) in [6.07, 6.45) is 2.84. The molecule has 1 aromatic carbocycles.